The van der Waals surface area contributed by atoms with Gasteiger partial charge >= 0.3 is 5.97 Å². The molecule has 0 saturated heterocycles. The minimum Gasteiger partial charge on any atom is -0.469 e. The molecular weight excluding hydrogens is 424 g/mol. The summed E-state index contributed by atoms with van der Waals surface area (Å²) in [6.07, 6.45) is 11.1. The van der Waals surface area contributed by atoms with Crippen molar-refractivity contribution < 1.29 is 19.1 Å². The quantitative estimate of drug-likeness (QED) is 0.220. The first-order valence-corrected chi connectivity index (χ1v) is 13.3. The van der Waals surface area contributed by atoms with Crippen LogP contribution in [0.3, 0.4) is 0 Å². The molecule has 4 heteroatoms. The summed E-state index contributed by atoms with van der Waals surface area (Å²) in [5.74, 6) is 1.43. The lowest BCUT2D eigenvalue weighted by molar-refractivity contribution is -0.143. The van der Waals surface area contributed by atoms with E-state index in [1.165, 1.54) is 12.7 Å². The van der Waals surface area contributed by atoms with Crippen LogP contribution < -0.4 is 0 Å². The molecule has 2 fully saturated rings. The molecule has 0 bridgehead atoms. The molecule has 0 unspecified atom stereocenters. The Labute approximate surface area is 207 Å². The number of Topliss-reactive ketones (excluding diaryl/α,β-unsaturated/α-hetero) is 1. The molecule has 0 aromatic heterocycles. The zero-order valence-corrected chi connectivity index (χ0v) is 22.8. The van der Waals surface area contributed by atoms with Gasteiger partial charge in [0.1, 0.15) is 5.78 Å². The molecule has 0 radical (unpaired) electrons. The molecule has 3 rings (SSSR count). The normalized spacial score (nSPS) is 37.6. The predicted molar refractivity (Wildman–Crippen MR) is 136 cm³/mol. The first-order chi connectivity index (χ1) is 15.8. The summed E-state index contributed by atoms with van der Waals surface area (Å²) in [5, 5.41) is 0. The Hall–Kier alpha value is -1.71. The second-order valence-electron chi connectivity index (χ2n) is 12.5. The molecule has 0 aliphatic heterocycles. The van der Waals surface area contributed by atoms with E-state index in [4.69, 9.17) is 4.74 Å². The van der Waals surface area contributed by atoms with Gasteiger partial charge < -0.3 is 4.74 Å². The number of methoxy groups -OCH3 is 1. The third-order valence-corrected chi connectivity index (χ3v) is 10.4. The molecule has 190 valence electrons. The van der Waals surface area contributed by atoms with E-state index in [2.05, 4.69) is 33.8 Å². The van der Waals surface area contributed by atoms with Gasteiger partial charge in [0, 0.05) is 18.8 Å². The Morgan fingerprint density at radius 1 is 1.12 bits per heavy atom. The van der Waals surface area contributed by atoms with Gasteiger partial charge in [0.15, 0.2) is 5.78 Å². The number of esters is 1. The smallest absolute Gasteiger partial charge is 0.305 e. The van der Waals surface area contributed by atoms with Crippen LogP contribution in [0.15, 0.2) is 23.3 Å². The summed E-state index contributed by atoms with van der Waals surface area (Å²) in [6.45, 7) is 15.1. The van der Waals surface area contributed by atoms with Gasteiger partial charge in [0.2, 0.25) is 0 Å². The highest BCUT2D eigenvalue weighted by atomic mass is 16.5. The number of hydrogen-bond acceptors (Lipinski definition) is 4. The van der Waals surface area contributed by atoms with Gasteiger partial charge in [0.05, 0.1) is 7.11 Å². The minimum absolute atomic E-state index is 0.0447. The van der Waals surface area contributed by atoms with Crippen molar-refractivity contribution in [3.05, 3.63) is 23.3 Å². The zero-order chi connectivity index (χ0) is 25.5. The van der Waals surface area contributed by atoms with Crippen LogP contribution >= 0.6 is 0 Å². The molecular formula is C30H46O4. The van der Waals surface area contributed by atoms with Crippen molar-refractivity contribution in [2.75, 3.05) is 7.11 Å². The maximum atomic E-state index is 12.7. The van der Waals surface area contributed by atoms with E-state index in [1.54, 1.807) is 13.0 Å². The highest BCUT2D eigenvalue weighted by Gasteiger charge is 2.63. The second kappa shape index (κ2) is 9.74. The highest BCUT2D eigenvalue weighted by Crippen LogP contribution is 2.71. The fraction of sp³-hybridized carbons (Fsp3) is 0.767. The molecule has 3 aliphatic carbocycles. The van der Waals surface area contributed by atoms with Crippen LogP contribution in [0.2, 0.25) is 0 Å². The van der Waals surface area contributed by atoms with E-state index >= 15 is 0 Å². The summed E-state index contributed by atoms with van der Waals surface area (Å²) in [7, 11) is 1.44. The number of allylic oxidation sites excluding steroid dienone is 4. The molecule has 4 nitrogen and oxygen atoms in total. The van der Waals surface area contributed by atoms with Crippen molar-refractivity contribution in [1.82, 2.24) is 0 Å². The van der Waals surface area contributed by atoms with E-state index in [-0.39, 0.29) is 39.7 Å². The van der Waals surface area contributed by atoms with Crippen LogP contribution in [0.1, 0.15) is 99.8 Å². The topological polar surface area (TPSA) is 60.4 Å². The Morgan fingerprint density at radius 3 is 2.38 bits per heavy atom. The largest absolute Gasteiger partial charge is 0.469 e. The maximum absolute atomic E-state index is 12.7. The summed E-state index contributed by atoms with van der Waals surface area (Å²) >= 11 is 0. The average Bonchev–Trinajstić information content (AvgIpc) is 3.03. The lowest BCUT2D eigenvalue weighted by Crippen LogP contribution is -2.53. The molecule has 0 aromatic rings. The minimum atomic E-state index is -0.225. The number of ketones is 2. The molecule has 3 aliphatic rings. The standard InChI is InChI=1S/C30H46O4/c1-19(2)17-22(32)18-20(3)23-11-15-30(7)26-10-9-24(21(4)31)28(5,14-13-27(33)34-8)25(26)12-16-29(23,30)6/h10,17,20,23-25H,9,11-16,18H2,1-8H3/t20-,23-,24-,25-,28-,29-,30+/m0/s1. The number of rotatable bonds is 8. The SMILES string of the molecule is COC(=O)CC[C@@]1(C)[C@H](C(C)=O)CC=C2[C@@H]1CC[C@@]1(C)[C@H]([C@@H](C)CC(=O)C=C(C)C)CC[C@]21C. The maximum Gasteiger partial charge on any atom is 0.305 e. The Bertz CT molecular complexity index is 893. The lowest BCUT2D eigenvalue weighted by Gasteiger charge is -2.60. The van der Waals surface area contributed by atoms with Crippen LogP contribution in [0.25, 0.3) is 0 Å². The molecule has 7 atom stereocenters. The summed E-state index contributed by atoms with van der Waals surface area (Å²) in [6, 6.07) is 0. The summed E-state index contributed by atoms with van der Waals surface area (Å²) in [5.41, 5.74) is 2.59. The fourth-order valence-electron chi connectivity index (χ4n) is 8.39. The van der Waals surface area contributed by atoms with Gasteiger partial charge in [-0.1, -0.05) is 44.9 Å². The van der Waals surface area contributed by atoms with Gasteiger partial charge in [-0.05, 0) is 99.4 Å². The third kappa shape index (κ3) is 4.46. The predicted octanol–water partition coefficient (Wildman–Crippen LogP) is 6.88. The first kappa shape index (κ1) is 26.9. The molecule has 0 amide bonds. The van der Waals surface area contributed by atoms with Crippen LogP contribution in [-0.2, 0) is 19.1 Å². The number of carbonyl (C=O) groups excluding carboxylic acids is 3. The molecule has 0 heterocycles. The average molecular weight is 471 g/mol. The molecule has 0 N–H and O–H groups in total. The van der Waals surface area contributed by atoms with Gasteiger partial charge in [-0.15, -0.1) is 0 Å². The van der Waals surface area contributed by atoms with Gasteiger partial charge in [-0.2, -0.15) is 0 Å². The number of hydrogen-bond donors (Lipinski definition) is 0. The number of ether oxygens (including phenoxy) is 1. The van der Waals surface area contributed by atoms with Crippen molar-refractivity contribution >= 4 is 17.5 Å². The second-order valence-corrected chi connectivity index (χ2v) is 12.5. The van der Waals surface area contributed by atoms with E-state index in [0.29, 0.717) is 37.0 Å². The van der Waals surface area contributed by atoms with Crippen molar-refractivity contribution in [1.29, 1.82) is 0 Å². The van der Waals surface area contributed by atoms with Crippen LogP contribution in [-0.4, -0.2) is 24.6 Å². The summed E-state index contributed by atoms with van der Waals surface area (Å²) < 4.78 is 4.95. The Morgan fingerprint density at radius 2 is 1.79 bits per heavy atom. The van der Waals surface area contributed by atoms with Crippen LogP contribution in [0, 0.1) is 39.9 Å². The third-order valence-electron chi connectivity index (χ3n) is 10.4. The first-order valence-electron chi connectivity index (χ1n) is 13.3. The monoisotopic (exact) mass is 470 g/mol. The Balaban J connectivity index is 1.92. The Kier molecular flexibility index (Phi) is 7.70. The fourth-order valence-corrected chi connectivity index (χ4v) is 8.39. The van der Waals surface area contributed by atoms with Gasteiger partial charge in [0.25, 0.3) is 0 Å². The van der Waals surface area contributed by atoms with Crippen molar-refractivity contribution in [3.8, 4) is 0 Å². The van der Waals surface area contributed by atoms with Gasteiger partial charge in [-0.25, -0.2) is 0 Å². The molecule has 34 heavy (non-hydrogen) atoms. The van der Waals surface area contributed by atoms with E-state index in [9.17, 15) is 14.4 Å². The van der Waals surface area contributed by atoms with Crippen molar-refractivity contribution in [2.45, 2.75) is 99.8 Å². The number of carbonyl (C=O) groups is 3. The van der Waals surface area contributed by atoms with E-state index < -0.39 is 0 Å². The van der Waals surface area contributed by atoms with E-state index in [1.807, 2.05) is 13.8 Å². The van der Waals surface area contributed by atoms with Crippen LogP contribution in [0.4, 0.5) is 0 Å². The van der Waals surface area contributed by atoms with Crippen molar-refractivity contribution in [3.63, 3.8) is 0 Å². The zero-order valence-electron chi connectivity index (χ0n) is 22.8. The molecule has 0 spiro atoms. The van der Waals surface area contributed by atoms with E-state index in [0.717, 1.165) is 37.7 Å². The number of fused-ring (bicyclic) bond motifs is 3. The highest BCUT2D eigenvalue weighted by molar-refractivity contribution is 5.90. The van der Waals surface area contributed by atoms with Gasteiger partial charge in [-0.3, -0.25) is 14.4 Å². The van der Waals surface area contributed by atoms with Crippen molar-refractivity contribution in [2.24, 2.45) is 39.9 Å². The van der Waals surface area contributed by atoms with Crippen LogP contribution in [0.5, 0.6) is 0 Å². The molecule has 0 aromatic carbocycles. The molecule has 2 saturated carbocycles. The summed E-state index contributed by atoms with van der Waals surface area (Å²) in [4.78, 5) is 37.3. The lowest BCUT2D eigenvalue weighted by atomic mass is 9.44.